The van der Waals surface area contributed by atoms with Crippen LogP contribution in [0.4, 0.5) is 0 Å². The number of hydrogen-bond donors (Lipinski definition) is 2. The topological polar surface area (TPSA) is 104 Å². The summed E-state index contributed by atoms with van der Waals surface area (Å²) >= 11 is 0. The number of sulfonamides is 1. The molecule has 0 atom stereocenters. The second kappa shape index (κ2) is 5.66. The predicted molar refractivity (Wildman–Crippen MR) is 51.4 cm³/mol. The van der Waals surface area contributed by atoms with E-state index in [2.05, 4.69) is 0 Å². The molecular formula is C7H14N2O5S. The van der Waals surface area contributed by atoms with E-state index in [9.17, 15) is 18.0 Å². The summed E-state index contributed by atoms with van der Waals surface area (Å²) in [5.74, 6) is -1.55. The fourth-order valence-electron chi connectivity index (χ4n) is 0.832. The first kappa shape index (κ1) is 13.8. The fourth-order valence-corrected chi connectivity index (χ4v) is 1.88. The first-order chi connectivity index (χ1) is 6.74. The van der Waals surface area contributed by atoms with Gasteiger partial charge in [0.15, 0.2) is 0 Å². The molecule has 0 aliphatic heterocycles. The van der Waals surface area contributed by atoms with Crippen LogP contribution in [0.3, 0.4) is 0 Å². The molecule has 8 heteroatoms. The molecule has 0 aliphatic carbocycles. The number of carbonyl (C=O) groups excluding carboxylic acids is 2. The van der Waals surface area contributed by atoms with Crippen LogP contribution in [0, 0.1) is 0 Å². The van der Waals surface area contributed by atoms with Crippen molar-refractivity contribution in [1.29, 1.82) is 0 Å². The molecule has 2 amide bonds. The zero-order valence-electron chi connectivity index (χ0n) is 8.56. The van der Waals surface area contributed by atoms with E-state index in [4.69, 9.17) is 5.21 Å². The van der Waals surface area contributed by atoms with E-state index < -0.39 is 21.8 Å². The molecule has 2 N–H and O–H groups in total. The Morgan fingerprint density at radius 3 is 2.27 bits per heavy atom. The molecule has 0 bridgehead atoms. The van der Waals surface area contributed by atoms with E-state index in [1.54, 1.807) is 4.72 Å². The molecule has 0 aromatic carbocycles. The summed E-state index contributed by atoms with van der Waals surface area (Å²) < 4.78 is 23.9. The van der Waals surface area contributed by atoms with Crippen LogP contribution in [-0.2, 0) is 19.6 Å². The lowest BCUT2D eigenvalue weighted by atomic mass is 10.4. The average Bonchev–Trinajstić information content (AvgIpc) is 2.00. The molecule has 0 aliphatic rings. The summed E-state index contributed by atoms with van der Waals surface area (Å²) in [7, 11) is -3.65. The van der Waals surface area contributed by atoms with Gasteiger partial charge in [0.25, 0.3) is 0 Å². The standard InChI is InChI=1S/C7H14N2O5S/c1-6(10)8-15(13,14)5-3-4-9(12)7(2)11/h12H,3-5H2,1-2H3,(H,8,10). The Bertz CT molecular complexity index is 337. The van der Waals surface area contributed by atoms with Gasteiger partial charge < -0.3 is 0 Å². The number of rotatable bonds is 5. The first-order valence-electron chi connectivity index (χ1n) is 4.22. The Labute approximate surface area is 88.1 Å². The third-order valence-electron chi connectivity index (χ3n) is 1.45. The maximum atomic E-state index is 11.1. The highest BCUT2D eigenvalue weighted by molar-refractivity contribution is 7.90. The van der Waals surface area contributed by atoms with E-state index in [0.29, 0.717) is 5.06 Å². The van der Waals surface area contributed by atoms with Gasteiger partial charge in [-0.05, 0) is 6.42 Å². The van der Waals surface area contributed by atoms with Crippen LogP contribution in [0.15, 0.2) is 0 Å². The summed E-state index contributed by atoms with van der Waals surface area (Å²) in [5.41, 5.74) is 0. The van der Waals surface area contributed by atoms with Crippen molar-refractivity contribution in [3.8, 4) is 0 Å². The van der Waals surface area contributed by atoms with Crippen molar-refractivity contribution >= 4 is 21.8 Å². The van der Waals surface area contributed by atoms with Crippen LogP contribution >= 0.6 is 0 Å². The van der Waals surface area contributed by atoms with Gasteiger partial charge in [0.1, 0.15) is 0 Å². The van der Waals surface area contributed by atoms with Crippen molar-refractivity contribution in [3.63, 3.8) is 0 Å². The third kappa shape index (κ3) is 6.86. The number of nitrogens with zero attached hydrogens (tertiary/aromatic N) is 1. The molecular weight excluding hydrogens is 224 g/mol. The minimum atomic E-state index is -3.65. The summed E-state index contributed by atoms with van der Waals surface area (Å²) in [6.45, 7) is 2.15. The maximum Gasteiger partial charge on any atom is 0.242 e. The Hall–Kier alpha value is -1.15. The smallest absolute Gasteiger partial charge is 0.242 e. The van der Waals surface area contributed by atoms with Gasteiger partial charge in [0.05, 0.1) is 5.75 Å². The monoisotopic (exact) mass is 238 g/mol. The molecule has 0 spiro atoms. The summed E-state index contributed by atoms with van der Waals surface area (Å²) in [5, 5.41) is 9.33. The molecule has 0 aromatic heterocycles. The van der Waals surface area contributed by atoms with Crippen molar-refractivity contribution in [3.05, 3.63) is 0 Å². The molecule has 7 nitrogen and oxygen atoms in total. The van der Waals surface area contributed by atoms with Gasteiger partial charge in [-0.15, -0.1) is 0 Å². The normalized spacial score (nSPS) is 10.9. The second-order valence-electron chi connectivity index (χ2n) is 2.97. The van der Waals surface area contributed by atoms with Crippen molar-refractivity contribution < 1.29 is 23.2 Å². The van der Waals surface area contributed by atoms with Gasteiger partial charge >= 0.3 is 0 Å². The SMILES string of the molecule is CC(=O)NS(=O)(=O)CCCN(O)C(C)=O. The zero-order valence-corrected chi connectivity index (χ0v) is 9.37. The van der Waals surface area contributed by atoms with Gasteiger partial charge in [-0.3, -0.25) is 19.5 Å². The molecule has 0 radical (unpaired) electrons. The van der Waals surface area contributed by atoms with Crippen molar-refractivity contribution in [2.75, 3.05) is 12.3 Å². The van der Waals surface area contributed by atoms with E-state index in [0.717, 1.165) is 13.8 Å². The molecule has 0 rings (SSSR count). The minimum Gasteiger partial charge on any atom is -0.286 e. The predicted octanol–water partition coefficient (Wildman–Crippen LogP) is -0.920. The van der Waals surface area contributed by atoms with Crippen LogP contribution in [0.2, 0.25) is 0 Å². The molecule has 0 saturated heterocycles. The molecule has 0 heterocycles. The quantitative estimate of drug-likeness (QED) is 0.476. The largest absolute Gasteiger partial charge is 0.286 e. The zero-order chi connectivity index (χ0) is 12.1. The summed E-state index contributed by atoms with van der Waals surface area (Å²) in [6, 6.07) is 0. The van der Waals surface area contributed by atoms with Gasteiger partial charge in [-0.25, -0.2) is 13.5 Å². The molecule has 0 aromatic rings. The van der Waals surface area contributed by atoms with E-state index in [-0.39, 0.29) is 18.7 Å². The van der Waals surface area contributed by atoms with Crippen molar-refractivity contribution in [2.45, 2.75) is 20.3 Å². The number of amides is 2. The lowest BCUT2D eigenvalue weighted by Gasteiger charge is -2.11. The van der Waals surface area contributed by atoms with Gasteiger partial charge in [-0.1, -0.05) is 0 Å². The van der Waals surface area contributed by atoms with Gasteiger partial charge in [0.2, 0.25) is 21.8 Å². The second-order valence-corrected chi connectivity index (χ2v) is 4.81. The van der Waals surface area contributed by atoms with Crippen molar-refractivity contribution in [2.24, 2.45) is 0 Å². The Kier molecular flexibility index (Phi) is 5.23. The van der Waals surface area contributed by atoms with E-state index in [1.165, 1.54) is 0 Å². The van der Waals surface area contributed by atoms with E-state index >= 15 is 0 Å². The lowest BCUT2D eigenvalue weighted by molar-refractivity contribution is -0.162. The van der Waals surface area contributed by atoms with Crippen LogP contribution in [0.1, 0.15) is 20.3 Å². The van der Waals surface area contributed by atoms with Crippen LogP contribution in [-0.4, -0.2) is 42.8 Å². The van der Waals surface area contributed by atoms with Crippen LogP contribution in [0.25, 0.3) is 0 Å². The van der Waals surface area contributed by atoms with Crippen molar-refractivity contribution in [1.82, 2.24) is 9.79 Å². The number of hydroxylamine groups is 2. The fraction of sp³-hybridized carbons (Fsp3) is 0.714. The first-order valence-corrected chi connectivity index (χ1v) is 5.88. The summed E-state index contributed by atoms with van der Waals surface area (Å²) in [6.07, 6.45) is 0.0543. The molecule has 0 saturated carbocycles. The molecule has 0 unspecified atom stereocenters. The van der Waals surface area contributed by atoms with Gasteiger partial charge in [0, 0.05) is 20.4 Å². The molecule has 88 valence electrons. The number of nitrogens with one attached hydrogen (secondary N) is 1. The Balaban J connectivity index is 3.96. The minimum absolute atomic E-state index is 0.0543. The van der Waals surface area contributed by atoms with Crippen LogP contribution in [0.5, 0.6) is 0 Å². The molecule has 15 heavy (non-hydrogen) atoms. The number of carbonyl (C=O) groups is 2. The highest BCUT2D eigenvalue weighted by Gasteiger charge is 2.12. The lowest BCUT2D eigenvalue weighted by Crippen LogP contribution is -2.33. The summed E-state index contributed by atoms with van der Waals surface area (Å²) in [4.78, 5) is 21.0. The molecule has 0 fully saturated rings. The number of hydrogen-bond acceptors (Lipinski definition) is 5. The highest BCUT2D eigenvalue weighted by Crippen LogP contribution is 1.93. The third-order valence-corrected chi connectivity index (χ3v) is 2.87. The van der Waals surface area contributed by atoms with Gasteiger partial charge in [-0.2, -0.15) is 0 Å². The Morgan fingerprint density at radius 2 is 1.87 bits per heavy atom. The Morgan fingerprint density at radius 1 is 1.33 bits per heavy atom. The maximum absolute atomic E-state index is 11.1. The average molecular weight is 238 g/mol. The van der Waals surface area contributed by atoms with E-state index in [1.807, 2.05) is 0 Å². The highest BCUT2D eigenvalue weighted by atomic mass is 32.2. The van der Waals surface area contributed by atoms with Crippen LogP contribution < -0.4 is 4.72 Å².